The van der Waals surface area contributed by atoms with E-state index >= 15 is 0 Å². The van der Waals surface area contributed by atoms with Crippen LogP contribution in [-0.4, -0.2) is 13.0 Å². The standard InChI is InChI=1S/C37H27N4O6P3/c38-28-29-26-27-35(37(43-31-18-8-2-9-19-31)36(29)42-30-16-6-1-7-17-30)47-49-39-48-40(44-32-20-10-3-11-21-32)50(46-34-24-14-5-15-25-34)41(49)45-33-22-12-4-13-23-33/h1-27H. The second kappa shape index (κ2) is 15.9. The van der Waals surface area contributed by atoms with Crippen LogP contribution in [0.2, 0.25) is 0 Å². The highest BCUT2D eigenvalue weighted by atomic mass is 31.2. The fourth-order valence-corrected chi connectivity index (χ4v) is 9.40. The first-order valence-electron chi connectivity index (χ1n) is 15.3. The van der Waals surface area contributed by atoms with Gasteiger partial charge in [-0.3, -0.25) is 0 Å². The highest BCUT2D eigenvalue weighted by Gasteiger charge is 2.25. The number of hydrogen-bond donors (Lipinski definition) is 0. The van der Waals surface area contributed by atoms with Crippen molar-refractivity contribution < 1.29 is 28.2 Å². The maximum absolute atomic E-state index is 10.1. The van der Waals surface area contributed by atoms with Gasteiger partial charge in [-0.1, -0.05) is 95.3 Å². The van der Waals surface area contributed by atoms with Crippen molar-refractivity contribution >= 4 is 24.7 Å². The molecule has 7 aromatic rings. The van der Waals surface area contributed by atoms with Crippen molar-refractivity contribution in [2.24, 2.45) is 0 Å². The van der Waals surface area contributed by atoms with Gasteiger partial charge in [-0.25, -0.2) is 0 Å². The summed E-state index contributed by atoms with van der Waals surface area (Å²) >= 11 is 0. The Kier molecular flexibility index (Phi) is 10.3. The molecule has 0 aliphatic rings. The summed E-state index contributed by atoms with van der Waals surface area (Å²) in [6, 6.07) is 52.0. The summed E-state index contributed by atoms with van der Waals surface area (Å²) < 4.78 is 34.1. The Hall–Kier alpha value is -6.09. The molecule has 0 spiro atoms. The van der Waals surface area contributed by atoms with Gasteiger partial charge < -0.3 is 28.2 Å². The number of nitriles is 1. The van der Waals surface area contributed by atoms with Crippen molar-refractivity contribution in [2.45, 2.75) is 0 Å². The van der Waals surface area contributed by atoms with Crippen LogP contribution in [0.5, 0.6) is 46.0 Å². The molecule has 0 amide bonds. The Balaban J connectivity index is 1.39. The Bertz CT molecular complexity index is 2230. The predicted molar refractivity (Wildman–Crippen MR) is 193 cm³/mol. The summed E-state index contributed by atoms with van der Waals surface area (Å²) in [6.07, 6.45) is 0. The summed E-state index contributed by atoms with van der Waals surface area (Å²) in [5.41, 5.74) is 0.258. The summed E-state index contributed by atoms with van der Waals surface area (Å²) in [5, 5.41) is 10.1. The molecule has 2 unspecified atom stereocenters. The summed E-state index contributed by atoms with van der Waals surface area (Å²) in [4.78, 5) is 12.8. The van der Waals surface area contributed by atoms with E-state index in [1.807, 2.05) is 127 Å². The molecular formula is C37H27N4O6P3. The first-order valence-corrected chi connectivity index (χ1v) is 18.4. The SMILES string of the molecule is N#Cc1ccc(Op2npn(Oc3ccccc3)p(Oc3ccccc3)n2Oc2ccccc2)c(Oc2ccccc2)c1Oc1ccccc1. The van der Waals surface area contributed by atoms with E-state index in [0.29, 0.717) is 37.3 Å². The molecular weight excluding hydrogens is 689 g/mol. The van der Waals surface area contributed by atoms with Gasteiger partial charge in [0.2, 0.25) is 5.75 Å². The van der Waals surface area contributed by atoms with E-state index in [9.17, 15) is 5.26 Å². The highest BCUT2D eigenvalue weighted by molar-refractivity contribution is 7.56. The monoisotopic (exact) mass is 716 g/mol. The Morgan fingerprint density at radius 3 is 1.54 bits per heavy atom. The number of benzene rings is 6. The number of para-hydroxylation sites is 5. The second-order valence-corrected chi connectivity index (χ2v) is 14.6. The first-order chi connectivity index (χ1) is 24.7. The molecule has 2 atom stereocenters. The average Bonchev–Trinajstić information content (AvgIpc) is 3.17. The molecule has 246 valence electrons. The maximum atomic E-state index is 10.1. The summed E-state index contributed by atoms with van der Waals surface area (Å²) in [6.45, 7) is 0. The molecule has 0 radical (unpaired) electrons. The van der Waals surface area contributed by atoms with Gasteiger partial charge in [-0.2, -0.15) is 5.26 Å². The van der Waals surface area contributed by atoms with Crippen LogP contribution in [0.25, 0.3) is 0 Å². The van der Waals surface area contributed by atoms with E-state index in [2.05, 4.69) is 6.07 Å². The maximum Gasteiger partial charge on any atom is 0.319 e. The normalized spacial score (nSPS) is 11.3. The van der Waals surface area contributed by atoms with Gasteiger partial charge in [0.1, 0.15) is 23.3 Å². The fraction of sp³-hybridized carbons (Fsp3) is 0. The zero-order valence-corrected chi connectivity index (χ0v) is 28.9. The average molecular weight is 717 g/mol. The van der Waals surface area contributed by atoms with Crippen molar-refractivity contribution in [2.75, 3.05) is 0 Å². The molecule has 0 saturated carbocycles. The Morgan fingerprint density at radius 1 is 0.520 bits per heavy atom. The van der Waals surface area contributed by atoms with Crippen LogP contribution < -0.4 is 28.2 Å². The number of hydrogen-bond acceptors (Lipinski definition) is 8. The van der Waals surface area contributed by atoms with Crippen molar-refractivity contribution in [3.8, 4) is 52.1 Å². The van der Waals surface area contributed by atoms with Gasteiger partial charge in [0.05, 0.1) is 5.56 Å². The van der Waals surface area contributed by atoms with Gasteiger partial charge in [-0.15, -0.1) is 4.51 Å². The van der Waals surface area contributed by atoms with Crippen LogP contribution in [0.4, 0.5) is 0 Å². The van der Waals surface area contributed by atoms with E-state index in [4.69, 9.17) is 32.7 Å². The van der Waals surface area contributed by atoms with E-state index in [0.717, 1.165) is 0 Å². The molecule has 6 aromatic carbocycles. The highest BCUT2D eigenvalue weighted by Crippen LogP contribution is 2.49. The van der Waals surface area contributed by atoms with Crippen LogP contribution in [-0.2, 0) is 0 Å². The van der Waals surface area contributed by atoms with Crippen molar-refractivity contribution in [3.05, 3.63) is 169 Å². The molecule has 0 aliphatic carbocycles. The molecule has 0 fully saturated rings. The van der Waals surface area contributed by atoms with E-state index < -0.39 is 16.2 Å². The Morgan fingerprint density at radius 2 is 1.00 bits per heavy atom. The lowest BCUT2D eigenvalue weighted by atomic mass is 10.2. The number of ether oxygens (including phenoxy) is 2. The molecule has 13 heteroatoms. The topological polar surface area (TPSA) is 102 Å². The molecule has 1 heterocycles. The fourth-order valence-electron chi connectivity index (χ4n) is 4.44. The molecule has 7 rings (SSSR count). The van der Waals surface area contributed by atoms with Crippen LogP contribution >= 0.6 is 24.7 Å². The minimum Gasteiger partial charge on any atom is -0.452 e. The third kappa shape index (κ3) is 7.95. The molecule has 50 heavy (non-hydrogen) atoms. The molecule has 0 aliphatic heterocycles. The lowest BCUT2D eigenvalue weighted by molar-refractivity contribution is 0.232. The number of rotatable bonds is 12. The zero-order chi connectivity index (χ0) is 34.0. The first kappa shape index (κ1) is 32.5. The quantitative estimate of drug-likeness (QED) is 0.123. The molecule has 0 N–H and O–H groups in total. The van der Waals surface area contributed by atoms with Crippen molar-refractivity contribution in [1.29, 1.82) is 5.26 Å². The van der Waals surface area contributed by atoms with Gasteiger partial charge >= 0.3 is 16.2 Å². The molecule has 0 saturated heterocycles. The third-order valence-corrected chi connectivity index (χ3v) is 11.4. The zero-order valence-electron chi connectivity index (χ0n) is 26.2. The Labute approximate surface area is 291 Å². The van der Waals surface area contributed by atoms with Crippen molar-refractivity contribution in [1.82, 2.24) is 13.0 Å². The van der Waals surface area contributed by atoms with Crippen molar-refractivity contribution in [3.63, 3.8) is 0 Å². The summed E-state index contributed by atoms with van der Waals surface area (Å²) in [7, 11) is -3.43. The lowest BCUT2D eigenvalue weighted by Gasteiger charge is -2.22. The van der Waals surface area contributed by atoms with E-state index in [1.54, 1.807) is 44.9 Å². The lowest BCUT2D eigenvalue weighted by Crippen LogP contribution is -2.14. The van der Waals surface area contributed by atoms with Gasteiger partial charge in [0.15, 0.2) is 31.5 Å². The van der Waals surface area contributed by atoms with Gasteiger partial charge in [0.25, 0.3) is 0 Å². The van der Waals surface area contributed by atoms with Crippen LogP contribution in [0.1, 0.15) is 5.56 Å². The van der Waals surface area contributed by atoms with Crippen LogP contribution in [0, 0.1) is 11.3 Å². The second-order valence-electron chi connectivity index (χ2n) is 10.2. The third-order valence-electron chi connectivity index (χ3n) is 6.73. The molecule has 10 nitrogen and oxygen atoms in total. The van der Waals surface area contributed by atoms with Gasteiger partial charge in [-0.05, 0) is 77.1 Å². The molecule has 0 bridgehead atoms. The van der Waals surface area contributed by atoms with Gasteiger partial charge in [0, 0.05) is 0 Å². The smallest absolute Gasteiger partial charge is 0.319 e. The number of aromatic nitrogens is 3. The summed E-state index contributed by atoms with van der Waals surface area (Å²) in [5.74, 6) is 3.44. The molecule has 1 aromatic heterocycles. The van der Waals surface area contributed by atoms with E-state index in [-0.39, 0.29) is 22.8 Å². The minimum absolute atomic E-state index is 0.192. The predicted octanol–water partition coefficient (Wildman–Crippen LogP) is 11.2. The van der Waals surface area contributed by atoms with Crippen LogP contribution in [0.3, 0.4) is 0 Å². The minimum atomic E-state index is -1.96. The van der Waals surface area contributed by atoms with Crippen LogP contribution in [0.15, 0.2) is 164 Å². The number of nitrogens with zero attached hydrogens (tertiary/aromatic N) is 4. The largest absolute Gasteiger partial charge is 0.452 e. The van der Waals surface area contributed by atoms with E-state index in [1.165, 1.54) is 0 Å².